The highest BCUT2D eigenvalue weighted by Crippen LogP contribution is 2.29. The van der Waals surface area contributed by atoms with E-state index in [1.807, 2.05) is 47.8 Å². The number of hydrogen-bond acceptors (Lipinski definition) is 5. The molecule has 0 aliphatic carbocycles. The number of aromatic nitrogens is 2. The molecular weight excluding hydrogens is 438 g/mol. The van der Waals surface area contributed by atoms with Crippen molar-refractivity contribution >= 4 is 29.1 Å². The molecule has 3 amide bonds. The van der Waals surface area contributed by atoms with Gasteiger partial charge in [-0.2, -0.15) is 5.10 Å². The molecule has 170 valence electrons. The van der Waals surface area contributed by atoms with Crippen LogP contribution in [0.3, 0.4) is 0 Å². The molecule has 2 aliphatic rings. The van der Waals surface area contributed by atoms with Crippen molar-refractivity contribution in [3.63, 3.8) is 0 Å². The molecule has 2 aromatic heterocycles. The van der Waals surface area contributed by atoms with Gasteiger partial charge in [-0.15, -0.1) is 11.3 Å². The maximum Gasteiger partial charge on any atom is 0.312 e. The number of piperazine rings is 1. The first-order chi connectivity index (χ1) is 16.1. The fraction of sp³-hybridized carbons (Fsp3) is 0.333. The van der Waals surface area contributed by atoms with E-state index in [2.05, 4.69) is 0 Å². The first-order valence-electron chi connectivity index (χ1n) is 11.2. The van der Waals surface area contributed by atoms with Crippen molar-refractivity contribution in [2.75, 3.05) is 39.3 Å². The molecule has 0 atom stereocenters. The minimum absolute atomic E-state index is 0.112. The highest BCUT2D eigenvalue weighted by atomic mass is 32.1. The zero-order valence-corrected chi connectivity index (χ0v) is 19.0. The molecule has 0 spiro atoms. The Morgan fingerprint density at radius 2 is 1.39 bits per heavy atom. The summed E-state index contributed by atoms with van der Waals surface area (Å²) in [7, 11) is 0. The minimum Gasteiger partial charge on any atom is -0.335 e. The lowest BCUT2D eigenvalue weighted by Gasteiger charge is -2.35. The first kappa shape index (κ1) is 21.4. The average Bonchev–Trinajstić information content (AvgIpc) is 3.64. The molecule has 33 heavy (non-hydrogen) atoms. The Hall–Kier alpha value is -3.46. The predicted molar refractivity (Wildman–Crippen MR) is 125 cm³/mol. The molecule has 0 N–H and O–H groups in total. The summed E-state index contributed by atoms with van der Waals surface area (Å²) in [6.07, 6.45) is 3.68. The molecule has 1 aromatic carbocycles. The van der Waals surface area contributed by atoms with E-state index in [9.17, 15) is 14.4 Å². The van der Waals surface area contributed by atoms with Crippen LogP contribution >= 0.6 is 11.3 Å². The van der Waals surface area contributed by atoms with E-state index >= 15 is 0 Å². The highest BCUT2D eigenvalue weighted by Gasteiger charge is 2.33. The molecule has 4 heterocycles. The second-order valence-corrected chi connectivity index (χ2v) is 9.18. The molecule has 0 radical (unpaired) electrons. The van der Waals surface area contributed by atoms with Crippen molar-refractivity contribution in [2.24, 2.45) is 0 Å². The number of amides is 3. The van der Waals surface area contributed by atoms with Gasteiger partial charge in [-0.1, -0.05) is 24.3 Å². The van der Waals surface area contributed by atoms with Gasteiger partial charge in [-0.05, 0) is 36.4 Å². The summed E-state index contributed by atoms with van der Waals surface area (Å²) >= 11 is 1.54. The zero-order valence-electron chi connectivity index (χ0n) is 18.2. The zero-order chi connectivity index (χ0) is 22.8. The maximum absolute atomic E-state index is 13.5. The van der Waals surface area contributed by atoms with Crippen molar-refractivity contribution in [3.8, 4) is 16.3 Å². The van der Waals surface area contributed by atoms with Gasteiger partial charge in [-0.3, -0.25) is 14.4 Å². The van der Waals surface area contributed by atoms with Gasteiger partial charge in [0, 0.05) is 45.5 Å². The normalized spacial score (nSPS) is 16.3. The van der Waals surface area contributed by atoms with E-state index in [-0.39, 0.29) is 5.91 Å². The third-order valence-corrected chi connectivity index (χ3v) is 7.03. The van der Waals surface area contributed by atoms with Crippen LogP contribution in [0.1, 0.15) is 23.2 Å². The molecule has 2 fully saturated rings. The SMILES string of the molecule is O=C(C(=O)N1CCN(C(=O)c2cn(-c3ccccc3)nc2-c2cccs2)CC1)N1CCCC1. The van der Waals surface area contributed by atoms with Gasteiger partial charge < -0.3 is 14.7 Å². The van der Waals surface area contributed by atoms with Gasteiger partial charge in [-0.25, -0.2) is 4.68 Å². The number of nitrogens with zero attached hydrogens (tertiary/aromatic N) is 5. The van der Waals surface area contributed by atoms with Crippen LogP contribution in [-0.2, 0) is 9.59 Å². The van der Waals surface area contributed by atoms with Gasteiger partial charge in [0.05, 0.1) is 16.1 Å². The fourth-order valence-corrected chi connectivity index (χ4v) is 5.04. The average molecular weight is 464 g/mol. The van der Waals surface area contributed by atoms with E-state index in [1.54, 1.807) is 36.9 Å². The Bertz CT molecular complexity index is 1140. The highest BCUT2D eigenvalue weighted by molar-refractivity contribution is 7.13. The number of carbonyl (C=O) groups excluding carboxylic acids is 3. The molecular formula is C24H25N5O3S. The monoisotopic (exact) mass is 463 g/mol. The van der Waals surface area contributed by atoms with Crippen LogP contribution in [-0.4, -0.2) is 81.5 Å². The summed E-state index contributed by atoms with van der Waals surface area (Å²) in [6, 6.07) is 13.6. The van der Waals surface area contributed by atoms with E-state index in [1.165, 1.54) is 0 Å². The number of carbonyl (C=O) groups is 3. The lowest BCUT2D eigenvalue weighted by atomic mass is 10.1. The van der Waals surface area contributed by atoms with Crippen molar-refractivity contribution in [3.05, 3.63) is 59.6 Å². The lowest BCUT2D eigenvalue weighted by Crippen LogP contribution is -2.54. The molecule has 2 saturated heterocycles. The number of para-hydroxylation sites is 1. The van der Waals surface area contributed by atoms with E-state index in [4.69, 9.17) is 5.10 Å². The number of likely N-dealkylation sites (tertiary alicyclic amines) is 1. The molecule has 9 heteroatoms. The van der Waals surface area contributed by atoms with Crippen LogP contribution in [0.2, 0.25) is 0 Å². The van der Waals surface area contributed by atoms with Crippen molar-refractivity contribution in [1.82, 2.24) is 24.5 Å². The standard InChI is InChI=1S/C24H25N5O3S/c30-22(27-12-14-28(15-13-27)24(32)23(31)26-10-4-5-11-26)19-17-29(18-7-2-1-3-8-18)25-21(19)20-9-6-16-33-20/h1-3,6-9,16-17H,4-5,10-15H2. The lowest BCUT2D eigenvalue weighted by molar-refractivity contribution is -0.152. The number of thiophene rings is 1. The Morgan fingerprint density at radius 3 is 2.03 bits per heavy atom. The van der Waals surface area contributed by atoms with Gasteiger partial charge in [0.25, 0.3) is 5.91 Å². The van der Waals surface area contributed by atoms with Gasteiger partial charge >= 0.3 is 11.8 Å². The van der Waals surface area contributed by atoms with E-state index in [0.29, 0.717) is 50.5 Å². The van der Waals surface area contributed by atoms with Crippen molar-refractivity contribution in [2.45, 2.75) is 12.8 Å². The molecule has 0 unspecified atom stereocenters. The Labute approximate surface area is 196 Å². The van der Waals surface area contributed by atoms with Gasteiger partial charge in [0.1, 0.15) is 5.69 Å². The van der Waals surface area contributed by atoms with Gasteiger partial charge in [0.15, 0.2) is 0 Å². The van der Waals surface area contributed by atoms with Gasteiger partial charge in [0.2, 0.25) is 0 Å². The minimum atomic E-state index is -0.458. The topological polar surface area (TPSA) is 78.8 Å². The second kappa shape index (κ2) is 9.19. The molecule has 0 saturated carbocycles. The number of benzene rings is 1. The van der Waals surface area contributed by atoms with E-state index < -0.39 is 11.8 Å². The maximum atomic E-state index is 13.5. The Morgan fingerprint density at radius 1 is 0.758 bits per heavy atom. The summed E-state index contributed by atoms with van der Waals surface area (Å²) < 4.78 is 1.73. The van der Waals surface area contributed by atoms with Crippen LogP contribution in [0.25, 0.3) is 16.3 Å². The third kappa shape index (κ3) is 4.28. The fourth-order valence-electron chi connectivity index (χ4n) is 4.31. The first-order valence-corrected chi connectivity index (χ1v) is 12.1. The van der Waals surface area contributed by atoms with Crippen LogP contribution < -0.4 is 0 Å². The smallest absolute Gasteiger partial charge is 0.312 e. The summed E-state index contributed by atoms with van der Waals surface area (Å²) in [5.74, 6) is -0.991. The van der Waals surface area contributed by atoms with Crippen LogP contribution in [0.15, 0.2) is 54.0 Å². The quantitative estimate of drug-likeness (QED) is 0.559. The predicted octanol–water partition coefficient (Wildman–Crippen LogP) is 2.51. The largest absolute Gasteiger partial charge is 0.335 e. The van der Waals surface area contributed by atoms with Crippen molar-refractivity contribution in [1.29, 1.82) is 0 Å². The molecule has 2 aliphatic heterocycles. The molecule has 5 rings (SSSR count). The number of hydrogen-bond donors (Lipinski definition) is 0. The second-order valence-electron chi connectivity index (χ2n) is 8.23. The Kier molecular flexibility index (Phi) is 5.95. The molecule has 8 nitrogen and oxygen atoms in total. The van der Waals surface area contributed by atoms with Crippen LogP contribution in [0.5, 0.6) is 0 Å². The third-order valence-electron chi connectivity index (χ3n) is 6.15. The van der Waals surface area contributed by atoms with Crippen LogP contribution in [0.4, 0.5) is 0 Å². The van der Waals surface area contributed by atoms with Crippen molar-refractivity contribution < 1.29 is 14.4 Å². The summed E-state index contributed by atoms with van der Waals surface area (Å²) in [6.45, 7) is 2.78. The summed E-state index contributed by atoms with van der Waals surface area (Å²) in [5, 5.41) is 6.68. The van der Waals surface area contributed by atoms with E-state index in [0.717, 1.165) is 23.4 Å². The molecule has 3 aromatic rings. The molecule has 0 bridgehead atoms. The Balaban J connectivity index is 1.32. The summed E-state index contributed by atoms with van der Waals surface area (Å²) in [5.41, 5.74) is 2.07. The number of rotatable bonds is 3. The summed E-state index contributed by atoms with van der Waals surface area (Å²) in [4.78, 5) is 44.4. The van der Waals surface area contributed by atoms with Crippen LogP contribution in [0, 0.1) is 0 Å².